The van der Waals surface area contributed by atoms with Gasteiger partial charge in [0.15, 0.2) is 0 Å². The largest absolute Gasteiger partial charge is 0.315 e. The second kappa shape index (κ2) is 6.06. The summed E-state index contributed by atoms with van der Waals surface area (Å²) in [7, 11) is 2.25. The van der Waals surface area contributed by atoms with Crippen LogP contribution in [0.3, 0.4) is 0 Å². The Labute approximate surface area is 117 Å². The van der Waals surface area contributed by atoms with Crippen molar-refractivity contribution >= 4 is 0 Å². The smallest absolute Gasteiger partial charge is 0.0104 e. The van der Waals surface area contributed by atoms with E-state index in [0.29, 0.717) is 0 Å². The molecule has 2 aliphatic carbocycles. The number of hydrogen-bond acceptors (Lipinski definition) is 2. The second-order valence-corrected chi connectivity index (χ2v) is 6.34. The Morgan fingerprint density at radius 3 is 2.89 bits per heavy atom. The lowest BCUT2D eigenvalue weighted by molar-refractivity contribution is 0.317. The van der Waals surface area contributed by atoms with E-state index in [-0.39, 0.29) is 0 Å². The van der Waals surface area contributed by atoms with Crippen LogP contribution in [0.1, 0.15) is 36.3 Å². The highest BCUT2D eigenvalue weighted by Gasteiger charge is 2.23. The molecule has 0 bridgehead atoms. The molecule has 1 aromatic rings. The van der Waals surface area contributed by atoms with E-state index in [0.717, 1.165) is 24.9 Å². The number of fused-ring (bicyclic) bond motifs is 1. The molecular weight excluding hydrogens is 232 g/mol. The van der Waals surface area contributed by atoms with Gasteiger partial charge in [-0.3, -0.25) is 0 Å². The van der Waals surface area contributed by atoms with Gasteiger partial charge in [0.05, 0.1) is 0 Å². The summed E-state index contributed by atoms with van der Waals surface area (Å²) in [4.78, 5) is 2.48. The molecule has 0 radical (unpaired) electrons. The lowest BCUT2D eigenvalue weighted by Gasteiger charge is -2.18. The van der Waals surface area contributed by atoms with Crippen molar-refractivity contribution < 1.29 is 0 Å². The maximum Gasteiger partial charge on any atom is 0.0104 e. The third kappa shape index (κ3) is 3.58. The molecule has 0 aliphatic heterocycles. The lowest BCUT2D eigenvalue weighted by atomic mass is 10.0. The van der Waals surface area contributed by atoms with Gasteiger partial charge in [-0.15, -0.1) is 0 Å². The minimum Gasteiger partial charge on any atom is -0.315 e. The lowest BCUT2D eigenvalue weighted by Crippen LogP contribution is -2.32. The summed E-state index contributed by atoms with van der Waals surface area (Å²) in [5.74, 6) is 1.75. The zero-order chi connectivity index (χ0) is 13.1. The highest BCUT2D eigenvalue weighted by atomic mass is 15.1. The normalized spacial score (nSPS) is 21.9. The van der Waals surface area contributed by atoms with E-state index in [2.05, 4.69) is 41.5 Å². The fourth-order valence-corrected chi connectivity index (χ4v) is 3.24. The van der Waals surface area contributed by atoms with Crippen LogP contribution in [0.2, 0.25) is 0 Å². The van der Waals surface area contributed by atoms with E-state index in [1.807, 2.05) is 0 Å². The quantitative estimate of drug-likeness (QED) is 0.756. The summed E-state index contributed by atoms with van der Waals surface area (Å²) < 4.78 is 0. The Morgan fingerprint density at radius 1 is 1.21 bits per heavy atom. The van der Waals surface area contributed by atoms with Gasteiger partial charge < -0.3 is 10.2 Å². The topological polar surface area (TPSA) is 15.3 Å². The van der Waals surface area contributed by atoms with Crippen LogP contribution in [0.4, 0.5) is 0 Å². The van der Waals surface area contributed by atoms with Gasteiger partial charge in [-0.25, -0.2) is 0 Å². The molecule has 1 fully saturated rings. The maximum absolute atomic E-state index is 3.65. The first-order valence-corrected chi connectivity index (χ1v) is 7.80. The van der Waals surface area contributed by atoms with Crippen LogP contribution >= 0.6 is 0 Å². The van der Waals surface area contributed by atoms with Crippen LogP contribution in [0.25, 0.3) is 0 Å². The number of hydrogen-bond donors (Lipinski definition) is 1. The van der Waals surface area contributed by atoms with Crippen LogP contribution in [-0.2, 0) is 6.42 Å². The van der Waals surface area contributed by atoms with Crippen molar-refractivity contribution in [2.75, 3.05) is 33.2 Å². The fourth-order valence-electron chi connectivity index (χ4n) is 3.24. The van der Waals surface area contributed by atoms with Crippen molar-refractivity contribution in [3.05, 3.63) is 35.4 Å². The van der Waals surface area contributed by atoms with E-state index in [9.17, 15) is 0 Å². The van der Waals surface area contributed by atoms with Crippen LogP contribution < -0.4 is 5.32 Å². The molecule has 2 heteroatoms. The van der Waals surface area contributed by atoms with Gasteiger partial charge in [-0.05, 0) is 55.7 Å². The molecule has 0 spiro atoms. The Morgan fingerprint density at radius 2 is 2.05 bits per heavy atom. The zero-order valence-corrected chi connectivity index (χ0v) is 12.1. The molecule has 1 saturated carbocycles. The monoisotopic (exact) mass is 258 g/mol. The summed E-state index contributed by atoms with van der Waals surface area (Å²) in [6, 6.07) is 8.95. The number of nitrogens with one attached hydrogen (secondary N) is 1. The summed E-state index contributed by atoms with van der Waals surface area (Å²) in [6.07, 6.45) is 5.50. The van der Waals surface area contributed by atoms with E-state index >= 15 is 0 Å². The summed E-state index contributed by atoms with van der Waals surface area (Å²) >= 11 is 0. The Hall–Kier alpha value is -0.860. The standard InChI is InChI=1S/C17H26N2/c1-19(13-14-6-7-14)11-10-18-12-16-9-8-15-4-2-3-5-17(15)16/h2-5,14,16,18H,6-13H2,1H3. The average molecular weight is 258 g/mol. The zero-order valence-electron chi connectivity index (χ0n) is 12.1. The minimum absolute atomic E-state index is 0.741. The van der Waals surface area contributed by atoms with Crippen LogP contribution in [0.5, 0.6) is 0 Å². The molecule has 3 rings (SSSR count). The number of rotatable bonds is 7. The molecule has 1 atom stereocenters. The molecule has 1 unspecified atom stereocenters. The molecule has 2 aliphatic rings. The molecule has 0 amide bonds. The highest BCUT2D eigenvalue weighted by molar-refractivity contribution is 5.34. The van der Waals surface area contributed by atoms with E-state index in [1.54, 1.807) is 11.1 Å². The number of nitrogens with zero attached hydrogens (tertiary/aromatic N) is 1. The number of aryl methyl sites for hydroxylation is 1. The van der Waals surface area contributed by atoms with Crippen molar-refractivity contribution in [1.29, 1.82) is 0 Å². The second-order valence-electron chi connectivity index (χ2n) is 6.34. The third-order valence-corrected chi connectivity index (χ3v) is 4.58. The highest BCUT2D eigenvalue weighted by Crippen LogP contribution is 2.32. The molecule has 104 valence electrons. The maximum atomic E-state index is 3.65. The third-order valence-electron chi connectivity index (χ3n) is 4.58. The van der Waals surface area contributed by atoms with Gasteiger partial charge >= 0.3 is 0 Å². The molecule has 0 aromatic heterocycles. The van der Waals surface area contributed by atoms with E-state index < -0.39 is 0 Å². The van der Waals surface area contributed by atoms with E-state index in [4.69, 9.17) is 0 Å². The van der Waals surface area contributed by atoms with Crippen molar-refractivity contribution in [2.24, 2.45) is 5.92 Å². The van der Waals surface area contributed by atoms with Crippen molar-refractivity contribution in [3.63, 3.8) is 0 Å². The van der Waals surface area contributed by atoms with Crippen molar-refractivity contribution in [3.8, 4) is 0 Å². The number of likely N-dealkylation sites (N-methyl/N-ethyl adjacent to an activating group) is 1. The fraction of sp³-hybridized carbons (Fsp3) is 0.647. The molecule has 1 N–H and O–H groups in total. The first kappa shape index (κ1) is 13.1. The van der Waals surface area contributed by atoms with Gasteiger partial charge in [0.2, 0.25) is 0 Å². The average Bonchev–Trinajstić information content (AvgIpc) is 3.14. The predicted octanol–water partition coefficient (Wildman–Crippen LogP) is 2.65. The van der Waals surface area contributed by atoms with Gasteiger partial charge in [0.1, 0.15) is 0 Å². The van der Waals surface area contributed by atoms with Crippen LogP contribution in [-0.4, -0.2) is 38.1 Å². The minimum atomic E-state index is 0.741. The molecular formula is C17H26N2. The molecule has 19 heavy (non-hydrogen) atoms. The summed E-state index contributed by atoms with van der Waals surface area (Å²) in [5.41, 5.74) is 3.15. The molecule has 0 heterocycles. The van der Waals surface area contributed by atoms with Gasteiger partial charge in [-0.2, -0.15) is 0 Å². The Kier molecular flexibility index (Phi) is 4.19. The Balaban J connectivity index is 1.36. The van der Waals surface area contributed by atoms with Gasteiger partial charge in [0.25, 0.3) is 0 Å². The van der Waals surface area contributed by atoms with Crippen molar-refractivity contribution in [1.82, 2.24) is 10.2 Å². The van der Waals surface area contributed by atoms with Gasteiger partial charge in [-0.1, -0.05) is 24.3 Å². The summed E-state index contributed by atoms with van der Waals surface area (Å²) in [6.45, 7) is 4.76. The SMILES string of the molecule is CN(CCNCC1CCc2ccccc21)CC1CC1. The number of benzene rings is 1. The first-order valence-electron chi connectivity index (χ1n) is 7.80. The van der Waals surface area contributed by atoms with Crippen LogP contribution in [0, 0.1) is 5.92 Å². The molecule has 2 nitrogen and oxygen atoms in total. The molecule has 1 aromatic carbocycles. The predicted molar refractivity (Wildman–Crippen MR) is 80.6 cm³/mol. The van der Waals surface area contributed by atoms with Crippen LogP contribution in [0.15, 0.2) is 24.3 Å². The van der Waals surface area contributed by atoms with Crippen molar-refractivity contribution in [2.45, 2.75) is 31.6 Å². The molecule has 0 saturated heterocycles. The summed E-state index contributed by atoms with van der Waals surface area (Å²) in [5, 5.41) is 3.65. The Bertz CT molecular complexity index is 411. The van der Waals surface area contributed by atoms with Gasteiger partial charge in [0, 0.05) is 26.2 Å². The van der Waals surface area contributed by atoms with E-state index in [1.165, 1.54) is 38.8 Å². The first-order chi connectivity index (χ1) is 9.33.